The number of hydrogen-bond acceptors (Lipinski definition) is 4. The van der Waals surface area contributed by atoms with E-state index in [1.165, 1.54) is 12.8 Å². The number of piperidine rings is 1. The zero-order valence-corrected chi connectivity index (χ0v) is 20.1. The molecular formula is C20H30Br2N4O3. The predicted octanol–water partition coefficient (Wildman–Crippen LogP) is 3.26. The van der Waals surface area contributed by atoms with Crippen LogP contribution in [-0.2, 0) is 18.3 Å². The molecule has 0 unspecified atom stereocenters. The van der Waals surface area contributed by atoms with Crippen LogP contribution in [0.2, 0.25) is 0 Å². The van der Waals surface area contributed by atoms with E-state index in [0.717, 1.165) is 48.7 Å². The number of imidazole rings is 1. The average Bonchev–Trinajstić information content (AvgIpc) is 2.99. The minimum absolute atomic E-state index is 0. The Kier molecular flexibility index (Phi) is 10.8. The lowest BCUT2D eigenvalue weighted by atomic mass is 9.93. The van der Waals surface area contributed by atoms with Crippen LogP contribution in [0.3, 0.4) is 0 Å². The number of carboxylic acid groups (broad SMARTS) is 1. The van der Waals surface area contributed by atoms with E-state index in [-0.39, 0.29) is 46.3 Å². The Bertz CT molecular complexity index is 819. The zero-order valence-electron chi connectivity index (χ0n) is 16.6. The van der Waals surface area contributed by atoms with Crippen molar-refractivity contribution in [1.29, 1.82) is 0 Å². The summed E-state index contributed by atoms with van der Waals surface area (Å²) in [7, 11) is 2.03. The van der Waals surface area contributed by atoms with Gasteiger partial charge in [-0.15, -0.1) is 34.0 Å². The number of carbonyl (C=O) groups excluding carboxylic acids is 1. The molecule has 1 fully saturated rings. The van der Waals surface area contributed by atoms with Crippen molar-refractivity contribution in [3.05, 3.63) is 29.6 Å². The molecule has 2 heterocycles. The quantitative estimate of drug-likeness (QED) is 0.452. The third-order valence-electron chi connectivity index (χ3n) is 5.32. The van der Waals surface area contributed by atoms with Crippen molar-refractivity contribution < 1.29 is 14.7 Å². The number of amides is 1. The number of aromatic nitrogens is 2. The fourth-order valence-electron chi connectivity index (χ4n) is 3.66. The van der Waals surface area contributed by atoms with Gasteiger partial charge < -0.3 is 20.3 Å². The van der Waals surface area contributed by atoms with E-state index >= 15 is 0 Å². The molecule has 0 bridgehead atoms. The number of carbonyl (C=O) groups is 2. The summed E-state index contributed by atoms with van der Waals surface area (Å²) in [5.41, 5.74) is 2.41. The second kappa shape index (κ2) is 12.3. The van der Waals surface area contributed by atoms with Gasteiger partial charge in [0.2, 0.25) is 0 Å². The van der Waals surface area contributed by atoms with Gasteiger partial charge in [-0.3, -0.25) is 9.59 Å². The monoisotopic (exact) mass is 532 g/mol. The number of benzene rings is 1. The molecule has 2 aromatic rings. The van der Waals surface area contributed by atoms with Gasteiger partial charge in [0, 0.05) is 32.0 Å². The van der Waals surface area contributed by atoms with Crippen molar-refractivity contribution in [2.24, 2.45) is 13.0 Å². The molecular weight excluding hydrogens is 504 g/mol. The van der Waals surface area contributed by atoms with Gasteiger partial charge in [-0.1, -0.05) is 0 Å². The Morgan fingerprint density at radius 1 is 1.28 bits per heavy atom. The standard InChI is InChI=1S/C20H28N4O3.2BrH/c1-24-17-6-5-15(20(27)22-10-2-3-19(25)26)13-16(17)23-18(24)7-4-14-8-11-21-12-9-14;;/h5-6,13-14,21H,2-4,7-12H2,1H3,(H,22,27)(H,25,26);2*1H. The van der Waals surface area contributed by atoms with E-state index < -0.39 is 5.97 Å². The molecule has 1 aliphatic heterocycles. The third-order valence-corrected chi connectivity index (χ3v) is 5.32. The van der Waals surface area contributed by atoms with Crippen molar-refractivity contribution in [3.8, 4) is 0 Å². The van der Waals surface area contributed by atoms with Gasteiger partial charge in [0.25, 0.3) is 5.91 Å². The van der Waals surface area contributed by atoms with Gasteiger partial charge in [-0.25, -0.2) is 4.98 Å². The lowest BCUT2D eigenvalue weighted by molar-refractivity contribution is -0.137. The van der Waals surface area contributed by atoms with Crippen molar-refractivity contribution in [3.63, 3.8) is 0 Å². The molecule has 0 atom stereocenters. The molecule has 0 aliphatic carbocycles. The van der Waals surface area contributed by atoms with Gasteiger partial charge >= 0.3 is 5.97 Å². The number of aryl methyl sites for hydroxylation is 2. The summed E-state index contributed by atoms with van der Waals surface area (Å²) < 4.78 is 2.12. The summed E-state index contributed by atoms with van der Waals surface area (Å²) in [5.74, 6) is 0.779. The number of hydrogen-bond donors (Lipinski definition) is 3. The fraction of sp³-hybridized carbons (Fsp3) is 0.550. The number of fused-ring (bicyclic) bond motifs is 1. The summed E-state index contributed by atoms with van der Waals surface area (Å²) in [6, 6.07) is 5.55. The van der Waals surface area contributed by atoms with Crippen LogP contribution in [0.25, 0.3) is 11.0 Å². The van der Waals surface area contributed by atoms with Crippen LogP contribution < -0.4 is 10.6 Å². The molecule has 1 saturated heterocycles. The number of nitrogens with one attached hydrogen (secondary N) is 2. The van der Waals surface area contributed by atoms with Crippen LogP contribution in [0.15, 0.2) is 18.2 Å². The first kappa shape index (κ1) is 25.6. The lowest BCUT2D eigenvalue weighted by Gasteiger charge is -2.22. The predicted molar refractivity (Wildman–Crippen MR) is 124 cm³/mol. The van der Waals surface area contributed by atoms with Gasteiger partial charge in [0.05, 0.1) is 11.0 Å². The number of nitrogens with zero attached hydrogens (tertiary/aromatic N) is 2. The van der Waals surface area contributed by atoms with E-state index in [1.54, 1.807) is 6.07 Å². The van der Waals surface area contributed by atoms with E-state index in [4.69, 9.17) is 10.1 Å². The summed E-state index contributed by atoms with van der Waals surface area (Å²) >= 11 is 0. The molecule has 1 amide bonds. The molecule has 1 aromatic carbocycles. The summed E-state index contributed by atoms with van der Waals surface area (Å²) in [6.07, 6.45) is 5.04. The second-order valence-corrected chi connectivity index (χ2v) is 7.28. The van der Waals surface area contributed by atoms with Crippen LogP contribution in [-0.4, -0.2) is 46.2 Å². The molecule has 162 valence electrons. The molecule has 29 heavy (non-hydrogen) atoms. The minimum atomic E-state index is -0.851. The maximum Gasteiger partial charge on any atom is 0.303 e. The molecule has 1 aliphatic rings. The highest BCUT2D eigenvalue weighted by molar-refractivity contribution is 8.93. The van der Waals surface area contributed by atoms with Crippen molar-refractivity contribution in [2.75, 3.05) is 19.6 Å². The van der Waals surface area contributed by atoms with Crippen molar-refractivity contribution in [2.45, 2.75) is 38.5 Å². The second-order valence-electron chi connectivity index (χ2n) is 7.28. The fourth-order valence-corrected chi connectivity index (χ4v) is 3.66. The maximum atomic E-state index is 12.3. The molecule has 0 spiro atoms. The first-order chi connectivity index (χ1) is 13.0. The largest absolute Gasteiger partial charge is 0.481 e. The smallest absolute Gasteiger partial charge is 0.303 e. The molecule has 7 nitrogen and oxygen atoms in total. The molecule has 0 radical (unpaired) electrons. The Labute approximate surface area is 192 Å². The summed E-state index contributed by atoms with van der Waals surface area (Å²) in [4.78, 5) is 27.5. The SMILES string of the molecule is Br.Br.Cn1c(CCC2CCNCC2)nc2cc(C(=O)NCCCC(=O)O)ccc21. The Morgan fingerprint density at radius 2 is 2.00 bits per heavy atom. The zero-order chi connectivity index (χ0) is 19.2. The van der Waals surface area contributed by atoms with E-state index in [9.17, 15) is 9.59 Å². The average molecular weight is 534 g/mol. The normalized spacial score (nSPS) is 14.1. The van der Waals surface area contributed by atoms with Crippen LogP contribution in [0.4, 0.5) is 0 Å². The third kappa shape index (κ3) is 7.08. The number of carboxylic acids is 1. The van der Waals surface area contributed by atoms with Crippen LogP contribution in [0.1, 0.15) is 48.3 Å². The Hall–Kier alpha value is -1.45. The van der Waals surface area contributed by atoms with E-state index in [1.807, 2.05) is 19.2 Å². The number of rotatable bonds is 8. The van der Waals surface area contributed by atoms with Crippen LogP contribution >= 0.6 is 34.0 Å². The highest BCUT2D eigenvalue weighted by Gasteiger charge is 2.16. The van der Waals surface area contributed by atoms with Crippen LogP contribution in [0.5, 0.6) is 0 Å². The van der Waals surface area contributed by atoms with Gasteiger partial charge in [-0.05, 0) is 62.9 Å². The summed E-state index contributed by atoms with van der Waals surface area (Å²) in [5, 5.41) is 14.8. The molecule has 1 aromatic heterocycles. The lowest BCUT2D eigenvalue weighted by Crippen LogP contribution is -2.28. The van der Waals surface area contributed by atoms with Crippen molar-refractivity contribution in [1.82, 2.24) is 20.2 Å². The Morgan fingerprint density at radius 3 is 2.69 bits per heavy atom. The molecule has 3 rings (SSSR count). The number of halogens is 2. The minimum Gasteiger partial charge on any atom is -0.481 e. The summed E-state index contributed by atoms with van der Waals surface area (Å²) in [6.45, 7) is 2.57. The highest BCUT2D eigenvalue weighted by atomic mass is 79.9. The first-order valence-electron chi connectivity index (χ1n) is 9.70. The van der Waals surface area contributed by atoms with E-state index in [0.29, 0.717) is 18.5 Å². The Balaban J connectivity index is 0.00000210. The topological polar surface area (TPSA) is 96.3 Å². The van der Waals surface area contributed by atoms with Gasteiger partial charge in [0.15, 0.2) is 0 Å². The number of aliphatic carboxylic acids is 1. The first-order valence-corrected chi connectivity index (χ1v) is 9.70. The molecule has 9 heteroatoms. The van der Waals surface area contributed by atoms with Crippen molar-refractivity contribution >= 4 is 56.9 Å². The maximum absolute atomic E-state index is 12.3. The van der Waals surface area contributed by atoms with Gasteiger partial charge in [-0.2, -0.15) is 0 Å². The van der Waals surface area contributed by atoms with E-state index in [2.05, 4.69) is 15.2 Å². The highest BCUT2D eigenvalue weighted by Crippen LogP contribution is 2.22. The van der Waals surface area contributed by atoms with Gasteiger partial charge in [0.1, 0.15) is 5.82 Å². The molecule has 3 N–H and O–H groups in total. The van der Waals surface area contributed by atoms with Crippen LogP contribution in [0, 0.1) is 5.92 Å². The molecule has 0 saturated carbocycles.